The van der Waals surface area contributed by atoms with Gasteiger partial charge in [-0.05, 0) is 44.5 Å². The summed E-state index contributed by atoms with van der Waals surface area (Å²) in [7, 11) is 1.73. The van der Waals surface area contributed by atoms with E-state index in [2.05, 4.69) is 25.8 Å². The number of carbonyl (C=O) groups excluding carboxylic acids is 1. The van der Waals surface area contributed by atoms with Crippen molar-refractivity contribution < 1.29 is 4.79 Å². The normalized spacial score (nSPS) is 16.0. The van der Waals surface area contributed by atoms with Crippen molar-refractivity contribution in [3.63, 3.8) is 0 Å². The van der Waals surface area contributed by atoms with Crippen LogP contribution in [0.25, 0.3) is 0 Å². The number of rotatable bonds is 8. The van der Waals surface area contributed by atoms with Crippen LogP contribution in [0.15, 0.2) is 35.3 Å². The highest BCUT2D eigenvalue weighted by atomic mass is 16.1. The zero-order chi connectivity index (χ0) is 18.5. The van der Waals surface area contributed by atoms with E-state index in [4.69, 9.17) is 0 Å². The standard InChI is InChI=1S/C20H33N5O/c1-21-20(22-12-9-15-25-13-7-2-3-8-14-25)24-17-19(26)23-16-18-10-5-4-6-11-18/h4-6,10-11H,2-3,7-9,12-17H2,1H3,(H,23,26)(H2,21,22,24). The Morgan fingerprint density at radius 3 is 2.46 bits per heavy atom. The van der Waals surface area contributed by atoms with Gasteiger partial charge in [-0.3, -0.25) is 9.79 Å². The maximum absolute atomic E-state index is 11.9. The molecule has 1 aromatic rings. The van der Waals surface area contributed by atoms with Gasteiger partial charge in [0.1, 0.15) is 0 Å². The first kappa shape index (κ1) is 20.2. The summed E-state index contributed by atoms with van der Waals surface area (Å²) in [6.45, 7) is 5.22. The van der Waals surface area contributed by atoms with Gasteiger partial charge in [-0.1, -0.05) is 43.2 Å². The van der Waals surface area contributed by atoms with Crippen molar-refractivity contribution in [2.24, 2.45) is 4.99 Å². The van der Waals surface area contributed by atoms with Crippen LogP contribution < -0.4 is 16.0 Å². The molecule has 0 aromatic heterocycles. The molecule has 144 valence electrons. The third kappa shape index (κ3) is 8.34. The molecule has 0 saturated carbocycles. The first-order valence-corrected chi connectivity index (χ1v) is 9.75. The molecule has 6 nitrogen and oxygen atoms in total. The minimum Gasteiger partial charge on any atom is -0.356 e. The molecule has 6 heteroatoms. The lowest BCUT2D eigenvalue weighted by Crippen LogP contribution is -2.43. The number of nitrogens with one attached hydrogen (secondary N) is 3. The van der Waals surface area contributed by atoms with E-state index in [-0.39, 0.29) is 12.5 Å². The minimum atomic E-state index is -0.0404. The van der Waals surface area contributed by atoms with Crippen molar-refractivity contribution in [2.45, 2.75) is 38.6 Å². The van der Waals surface area contributed by atoms with Gasteiger partial charge in [-0.25, -0.2) is 0 Å². The molecule has 0 radical (unpaired) electrons. The van der Waals surface area contributed by atoms with Crippen LogP contribution >= 0.6 is 0 Å². The lowest BCUT2D eigenvalue weighted by atomic mass is 10.2. The molecule has 0 spiro atoms. The van der Waals surface area contributed by atoms with Crippen LogP contribution in [0, 0.1) is 0 Å². The fourth-order valence-corrected chi connectivity index (χ4v) is 3.11. The van der Waals surface area contributed by atoms with Crippen molar-refractivity contribution in [1.29, 1.82) is 0 Å². The number of amides is 1. The highest BCUT2D eigenvalue weighted by Gasteiger charge is 2.08. The van der Waals surface area contributed by atoms with E-state index in [1.165, 1.54) is 38.8 Å². The summed E-state index contributed by atoms with van der Waals surface area (Å²) in [6, 6.07) is 9.90. The largest absolute Gasteiger partial charge is 0.356 e. The predicted octanol–water partition coefficient (Wildman–Crippen LogP) is 1.73. The molecular weight excluding hydrogens is 326 g/mol. The van der Waals surface area contributed by atoms with E-state index in [9.17, 15) is 4.79 Å². The van der Waals surface area contributed by atoms with Gasteiger partial charge in [0.15, 0.2) is 5.96 Å². The summed E-state index contributed by atoms with van der Waals surface area (Å²) in [5, 5.41) is 9.26. The van der Waals surface area contributed by atoms with Crippen LogP contribution in [-0.4, -0.2) is 56.5 Å². The van der Waals surface area contributed by atoms with E-state index in [1.54, 1.807) is 7.05 Å². The molecule has 0 bridgehead atoms. The lowest BCUT2D eigenvalue weighted by Gasteiger charge is -2.20. The third-order valence-electron chi connectivity index (χ3n) is 4.61. The molecule has 1 aliphatic rings. The predicted molar refractivity (Wildman–Crippen MR) is 107 cm³/mol. The molecule has 26 heavy (non-hydrogen) atoms. The van der Waals surface area contributed by atoms with Crippen molar-refractivity contribution >= 4 is 11.9 Å². The van der Waals surface area contributed by atoms with Crippen LogP contribution in [-0.2, 0) is 11.3 Å². The maximum atomic E-state index is 11.9. The molecule has 1 fully saturated rings. The second-order valence-electron chi connectivity index (χ2n) is 6.72. The van der Waals surface area contributed by atoms with Crippen molar-refractivity contribution in [1.82, 2.24) is 20.9 Å². The number of likely N-dealkylation sites (tertiary alicyclic amines) is 1. The highest BCUT2D eigenvalue weighted by Crippen LogP contribution is 2.09. The zero-order valence-electron chi connectivity index (χ0n) is 16.0. The Balaban J connectivity index is 1.56. The highest BCUT2D eigenvalue weighted by molar-refractivity contribution is 5.86. The first-order chi connectivity index (χ1) is 12.8. The summed E-state index contributed by atoms with van der Waals surface area (Å²) >= 11 is 0. The topological polar surface area (TPSA) is 68.8 Å². The van der Waals surface area contributed by atoms with Gasteiger partial charge in [0.25, 0.3) is 0 Å². The number of guanidine groups is 1. The van der Waals surface area contributed by atoms with Gasteiger partial charge >= 0.3 is 0 Å². The van der Waals surface area contributed by atoms with Crippen LogP contribution in [0.3, 0.4) is 0 Å². The molecule has 1 aromatic carbocycles. The van der Waals surface area contributed by atoms with Crippen LogP contribution in [0.4, 0.5) is 0 Å². The van der Waals surface area contributed by atoms with E-state index >= 15 is 0 Å². The zero-order valence-corrected chi connectivity index (χ0v) is 16.0. The lowest BCUT2D eigenvalue weighted by molar-refractivity contribution is -0.120. The van der Waals surface area contributed by atoms with E-state index in [0.717, 1.165) is 25.1 Å². The average Bonchev–Trinajstić information content (AvgIpc) is 2.95. The first-order valence-electron chi connectivity index (χ1n) is 9.75. The molecule has 0 atom stereocenters. The van der Waals surface area contributed by atoms with Gasteiger partial charge in [0, 0.05) is 20.1 Å². The SMILES string of the molecule is CN=C(NCCCN1CCCCCC1)NCC(=O)NCc1ccccc1. The van der Waals surface area contributed by atoms with Crippen LogP contribution in [0.1, 0.15) is 37.7 Å². The molecule has 1 amide bonds. The van der Waals surface area contributed by atoms with Crippen LogP contribution in [0.5, 0.6) is 0 Å². The summed E-state index contributed by atoms with van der Waals surface area (Å²) in [6.07, 6.45) is 6.49. The Morgan fingerprint density at radius 2 is 1.77 bits per heavy atom. The van der Waals surface area contributed by atoms with E-state index in [1.807, 2.05) is 30.3 Å². The number of carbonyl (C=O) groups is 1. The van der Waals surface area contributed by atoms with Crippen molar-refractivity contribution in [2.75, 3.05) is 39.8 Å². The maximum Gasteiger partial charge on any atom is 0.239 e. The summed E-state index contributed by atoms with van der Waals surface area (Å²) in [5.74, 6) is 0.636. The van der Waals surface area contributed by atoms with Crippen molar-refractivity contribution in [3.05, 3.63) is 35.9 Å². The molecule has 0 aliphatic carbocycles. The Labute approximate surface area is 157 Å². The Kier molecular flexibility index (Phi) is 9.57. The Morgan fingerprint density at radius 1 is 1.04 bits per heavy atom. The van der Waals surface area contributed by atoms with Gasteiger partial charge in [-0.2, -0.15) is 0 Å². The number of hydrogen-bond donors (Lipinski definition) is 3. The fraction of sp³-hybridized carbons (Fsp3) is 0.600. The molecule has 3 N–H and O–H groups in total. The summed E-state index contributed by atoms with van der Waals surface area (Å²) in [5.41, 5.74) is 1.09. The minimum absolute atomic E-state index is 0.0404. The summed E-state index contributed by atoms with van der Waals surface area (Å²) < 4.78 is 0. The number of nitrogens with zero attached hydrogens (tertiary/aromatic N) is 2. The molecular formula is C20H33N5O. The van der Waals surface area contributed by atoms with E-state index in [0.29, 0.717) is 12.5 Å². The Bertz CT molecular complexity index is 538. The van der Waals surface area contributed by atoms with Gasteiger partial charge < -0.3 is 20.9 Å². The van der Waals surface area contributed by atoms with Gasteiger partial charge in [0.05, 0.1) is 6.54 Å². The summed E-state index contributed by atoms with van der Waals surface area (Å²) in [4.78, 5) is 18.7. The third-order valence-corrected chi connectivity index (χ3v) is 4.61. The number of hydrogen-bond acceptors (Lipinski definition) is 3. The second-order valence-corrected chi connectivity index (χ2v) is 6.72. The number of benzene rings is 1. The quantitative estimate of drug-likeness (QED) is 0.376. The van der Waals surface area contributed by atoms with Crippen molar-refractivity contribution in [3.8, 4) is 0 Å². The fourth-order valence-electron chi connectivity index (χ4n) is 3.11. The average molecular weight is 360 g/mol. The second kappa shape index (κ2) is 12.3. The van der Waals surface area contributed by atoms with Gasteiger partial charge in [0.2, 0.25) is 5.91 Å². The molecule has 1 saturated heterocycles. The Hall–Kier alpha value is -2.08. The van der Waals surface area contributed by atoms with E-state index < -0.39 is 0 Å². The number of aliphatic imine (C=N–C) groups is 1. The monoisotopic (exact) mass is 359 g/mol. The molecule has 2 rings (SSSR count). The molecule has 1 aliphatic heterocycles. The smallest absolute Gasteiger partial charge is 0.239 e. The molecule has 1 heterocycles. The van der Waals surface area contributed by atoms with Gasteiger partial charge in [-0.15, -0.1) is 0 Å². The van der Waals surface area contributed by atoms with Crippen LogP contribution in [0.2, 0.25) is 0 Å². The molecule has 0 unspecified atom stereocenters.